The number of pyridine rings is 1. The molecule has 0 spiro atoms. The second kappa shape index (κ2) is 5.63. The number of nitrogens with zero attached hydrogens (tertiary/aromatic N) is 1. The van der Waals surface area contributed by atoms with Crippen molar-refractivity contribution in [3.63, 3.8) is 0 Å². The summed E-state index contributed by atoms with van der Waals surface area (Å²) < 4.78 is 0. The second-order valence-electron chi connectivity index (χ2n) is 4.86. The van der Waals surface area contributed by atoms with Crippen molar-refractivity contribution >= 4 is 17.4 Å². The average Bonchev–Trinajstić information content (AvgIpc) is 2.39. The highest BCUT2D eigenvalue weighted by Crippen LogP contribution is 2.32. The van der Waals surface area contributed by atoms with E-state index in [2.05, 4.69) is 11.9 Å². The van der Waals surface area contributed by atoms with E-state index in [9.17, 15) is 4.79 Å². The van der Waals surface area contributed by atoms with Crippen LogP contribution in [0.15, 0.2) is 18.3 Å². The van der Waals surface area contributed by atoms with Crippen molar-refractivity contribution < 1.29 is 4.79 Å². The van der Waals surface area contributed by atoms with Crippen molar-refractivity contribution in [2.24, 2.45) is 11.8 Å². The number of ketones is 1. The van der Waals surface area contributed by atoms with Crippen LogP contribution in [0.3, 0.4) is 0 Å². The average molecular weight is 252 g/mol. The Labute approximate surface area is 107 Å². The largest absolute Gasteiger partial charge is 0.294 e. The van der Waals surface area contributed by atoms with Gasteiger partial charge in [-0.15, -0.1) is 0 Å². The number of rotatable bonds is 3. The van der Waals surface area contributed by atoms with Crippen molar-refractivity contribution in [1.82, 2.24) is 4.98 Å². The topological polar surface area (TPSA) is 30.0 Å². The minimum Gasteiger partial charge on any atom is -0.294 e. The number of carbonyl (C=O) groups excluding carboxylic acids is 1. The summed E-state index contributed by atoms with van der Waals surface area (Å²) in [6, 6.07) is 3.47. The van der Waals surface area contributed by atoms with E-state index in [1.54, 1.807) is 18.3 Å². The Morgan fingerprint density at radius 2 is 2.06 bits per heavy atom. The van der Waals surface area contributed by atoms with Gasteiger partial charge < -0.3 is 0 Å². The van der Waals surface area contributed by atoms with Gasteiger partial charge >= 0.3 is 0 Å². The molecule has 3 heteroatoms. The molecule has 1 aliphatic rings. The van der Waals surface area contributed by atoms with Crippen molar-refractivity contribution in [2.45, 2.75) is 39.0 Å². The Morgan fingerprint density at radius 1 is 1.35 bits per heavy atom. The van der Waals surface area contributed by atoms with Crippen LogP contribution in [0.4, 0.5) is 0 Å². The Balaban J connectivity index is 1.99. The van der Waals surface area contributed by atoms with Gasteiger partial charge in [-0.25, -0.2) is 4.98 Å². The summed E-state index contributed by atoms with van der Waals surface area (Å²) >= 11 is 5.72. The number of hydrogen-bond acceptors (Lipinski definition) is 2. The van der Waals surface area contributed by atoms with Crippen LogP contribution >= 0.6 is 11.6 Å². The van der Waals surface area contributed by atoms with Crippen LogP contribution in [0.2, 0.25) is 5.15 Å². The zero-order chi connectivity index (χ0) is 12.3. The number of hydrogen-bond donors (Lipinski definition) is 0. The fourth-order valence-electron chi connectivity index (χ4n) is 2.59. The Bertz CT molecular complexity index is 380. The molecule has 2 nitrogen and oxygen atoms in total. The second-order valence-corrected chi connectivity index (χ2v) is 5.25. The molecule has 0 amide bonds. The first-order valence-corrected chi connectivity index (χ1v) is 6.74. The van der Waals surface area contributed by atoms with Gasteiger partial charge in [-0.05, 0) is 43.7 Å². The SMILES string of the molecule is CCC1CCC(C(=O)c2ccc(Cl)nc2)CC1. The first-order valence-electron chi connectivity index (χ1n) is 6.36. The molecule has 0 radical (unpaired) electrons. The summed E-state index contributed by atoms with van der Waals surface area (Å²) in [5, 5.41) is 0.441. The summed E-state index contributed by atoms with van der Waals surface area (Å²) in [5.74, 6) is 1.26. The summed E-state index contributed by atoms with van der Waals surface area (Å²) in [4.78, 5) is 16.2. The molecule has 1 fully saturated rings. The number of halogens is 1. The van der Waals surface area contributed by atoms with Crippen LogP contribution in [0.1, 0.15) is 49.4 Å². The first kappa shape index (κ1) is 12.6. The van der Waals surface area contributed by atoms with Gasteiger partial charge in [-0.3, -0.25) is 4.79 Å². The summed E-state index contributed by atoms with van der Waals surface area (Å²) in [6.07, 6.45) is 7.27. The summed E-state index contributed by atoms with van der Waals surface area (Å²) in [6.45, 7) is 2.23. The third-order valence-corrected chi connectivity index (χ3v) is 4.03. The van der Waals surface area contributed by atoms with Crippen molar-refractivity contribution in [3.8, 4) is 0 Å². The van der Waals surface area contributed by atoms with Gasteiger partial charge in [-0.1, -0.05) is 24.9 Å². The molecule has 17 heavy (non-hydrogen) atoms. The van der Waals surface area contributed by atoms with Crippen molar-refractivity contribution in [3.05, 3.63) is 29.0 Å². The predicted octanol–water partition coefficient (Wildman–Crippen LogP) is 4.13. The van der Waals surface area contributed by atoms with E-state index >= 15 is 0 Å². The van der Waals surface area contributed by atoms with E-state index in [1.807, 2.05) is 0 Å². The monoisotopic (exact) mass is 251 g/mol. The summed E-state index contributed by atoms with van der Waals surface area (Å²) in [7, 11) is 0. The smallest absolute Gasteiger partial charge is 0.167 e. The molecule has 0 aliphatic heterocycles. The predicted molar refractivity (Wildman–Crippen MR) is 69.3 cm³/mol. The lowest BCUT2D eigenvalue weighted by atomic mass is 9.78. The van der Waals surface area contributed by atoms with E-state index in [-0.39, 0.29) is 11.7 Å². The lowest BCUT2D eigenvalue weighted by Gasteiger charge is -2.26. The summed E-state index contributed by atoms with van der Waals surface area (Å²) in [5.41, 5.74) is 0.703. The molecule has 0 bridgehead atoms. The molecule has 0 atom stereocenters. The first-order chi connectivity index (χ1) is 8.20. The molecule has 1 heterocycles. The fourth-order valence-corrected chi connectivity index (χ4v) is 2.70. The molecular weight excluding hydrogens is 234 g/mol. The van der Waals surface area contributed by atoms with E-state index in [0.29, 0.717) is 10.7 Å². The van der Waals surface area contributed by atoms with Gasteiger partial charge in [0.2, 0.25) is 0 Å². The van der Waals surface area contributed by atoms with Crippen LogP contribution in [-0.2, 0) is 0 Å². The van der Waals surface area contributed by atoms with E-state index in [4.69, 9.17) is 11.6 Å². The molecule has 92 valence electrons. The van der Waals surface area contributed by atoms with Gasteiger partial charge in [0.1, 0.15) is 5.15 Å². The molecule has 0 saturated heterocycles. The lowest BCUT2D eigenvalue weighted by molar-refractivity contribution is 0.0870. The van der Waals surface area contributed by atoms with Crippen LogP contribution in [0, 0.1) is 11.8 Å². The van der Waals surface area contributed by atoms with Crippen LogP contribution in [0.5, 0.6) is 0 Å². The van der Waals surface area contributed by atoms with Crippen LogP contribution in [0.25, 0.3) is 0 Å². The molecule has 0 N–H and O–H groups in total. The Kier molecular flexibility index (Phi) is 4.16. The van der Waals surface area contributed by atoms with Crippen molar-refractivity contribution in [1.29, 1.82) is 0 Å². The van der Waals surface area contributed by atoms with Gasteiger partial charge in [0.05, 0.1) is 0 Å². The quantitative estimate of drug-likeness (QED) is 0.597. The van der Waals surface area contributed by atoms with Crippen molar-refractivity contribution in [2.75, 3.05) is 0 Å². The Hall–Kier alpha value is -0.890. The molecule has 0 unspecified atom stereocenters. The lowest BCUT2D eigenvalue weighted by Crippen LogP contribution is -2.21. The maximum Gasteiger partial charge on any atom is 0.167 e. The minimum absolute atomic E-state index is 0.195. The molecule has 1 aromatic heterocycles. The molecular formula is C14H18ClNO. The molecule has 1 aromatic rings. The maximum absolute atomic E-state index is 12.2. The highest BCUT2D eigenvalue weighted by Gasteiger charge is 2.26. The minimum atomic E-state index is 0.195. The van der Waals surface area contributed by atoms with E-state index in [1.165, 1.54) is 19.3 Å². The molecule has 0 aromatic carbocycles. The standard InChI is InChI=1S/C14H18ClNO/c1-2-10-3-5-11(6-4-10)14(17)12-7-8-13(15)16-9-12/h7-11H,2-6H2,1H3. The van der Waals surface area contributed by atoms with E-state index < -0.39 is 0 Å². The highest BCUT2D eigenvalue weighted by molar-refractivity contribution is 6.29. The third kappa shape index (κ3) is 3.06. The van der Waals surface area contributed by atoms with Crippen LogP contribution in [-0.4, -0.2) is 10.8 Å². The van der Waals surface area contributed by atoms with Crippen LogP contribution < -0.4 is 0 Å². The molecule has 1 saturated carbocycles. The number of aromatic nitrogens is 1. The zero-order valence-corrected chi connectivity index (χ0v) is 10.9. The fraction of sp³-hybridized carbons (Fsp3) is 0.571. The van der Waals surface area contributed by atoms with Gasteiger partial charge in [-0.2, -0.15) is 0 Å². The number of Topliss-reactive ketones (excluding diaryl/α,β-unsaturated/α-hetero) is 1. The third-order valence-electron chi connectivity index (χ3n) is 3.81. The highest BCUT2D eigenvalue weighted by atomic mass is 35.5. The normalized spacial score (nSPS) is 24.6. The number of carbonyl (C=O) groups is 1. The van der Waals surface area contributed by atoms with Gasteiger partial charge in [0.15, 0.2) is 5.78 Å². The molecule has 2 rings (SSSR count). The van der Waals surface area contributed by atoms with Gasteiger partial charge in [0.25, 0.3) is 0 Å². The van der Waals surface area contributed by atoms with E-state index in [0.717, 1.165) is 18.8 Å². The zero-order valence-electron chi connectivity index (χ0n) is 10.2. The molecule has 1 aliphatic carbocycles. The maximum atomic E-state index is 12.2. The van der Waals surface area contributed by atoms with Gasteiger partial charge in [0, 0.05) is 17.7 Å². The Morgan fingerprint density at radius 3 is 2.59 bits per heavy atom.